The summed E-state index contributed by atoms with van der Waals surface area (Å²) in [6.07, 6.45) is 1.37. The summed E-state index contributed by atoms with van der Waals surface area (Å²) >= 11 is 0. The van der Waals surface area contributed by atoms with Crippen molar-refractivity contribution in [1.29, 1.82) is 0 Å². The fourth-order valence-electron chi connectivity index (χ4n) is 2.89. The SMILES string of the molecule is O=C(CNC(=O)c1ccc(N2CCCC2=O)cc1)OCCOc1ccccc1F. The highest BCUT2D eigenvalue weighted by Gasteiger charge is 2.21. The van der Waals surface area contributed by atoms with Crippen LogP contribution < -0.4 is 15.0 Å². The molecule has 0 aromatic heterocycles. The second-order valence-corrected chi connectivity index (χ2v) is 6.38. The minimum absolute atomic E-state index is 0.00268. The van der Waals surface area contributed by atoms with E-state index in [1.165, 1.54) is 12.1 Å². The van der Waals surface area contributed by atoms with E-state index in [0.29, 0.717) is 18.5 Å². The van der Waals surface area contributed by atoms with E-state index >= 15 is 0 Å². The number of hydrogen-bond donors (Lipinski definition) is 1. The zero-order valence-corrected chi connectivity index (χ0v) is 15.7. The molecule has 2 amide bonds. The number of nitrogens with one attached hydrogen (secondary N) is 1. The van der Waals surface area contributed by atoms with E-state index in [2.05, 4.69) is 5.32 Å². The van der Waals surface area contributed by atoms with Gasteiger partial charge in [-0.15, -0.1) is 0 Å². The number of nitrogens with zero attached hydrogens (tertiary/aromatic N) is 1. The van der Waals surface area contributed by atoms with Crippen LogP contribution in [0.5, 0.6) is 5.75 Å². The lowest BCUT2D eigenvalue weighted by Gasteiger charge is -2.15. The second kappa shape index (κ2) is 9.68. The van der Waals surface area contributed by atoms with Gasteiger partial charge in [-0.3, -0.25) is 14.4 Å². The molecule has 152 valence electrons. The van der Waals surface area contributed by atoms with Crippen LogP contribution in [0.4, 0.5) is 10.1 Å². The van der Waals surface area contributed by atoms with Crippen LogP contribution in [-0.2, 0) is 14.3 Å². The van der Waals surface area contributed by atoms with E-state index in [4.69, 9.17) is 9.47 Å². The Morgan fingerprint density at radius 3 is 2.52 bits per heavy atom. The first kappa shape index (κ1) is 20.3. The van der Waals surface area contributed by atoms with Crippen molar-refractivity contribution < 1.29 is 28.2 Å². The smallest absolute Gasteiger partial charge is 0.325 e. The molecule has 0 saturated carbocycles. The summed E-state index contributed by atoms with van der Waals surface area (Å²) in [5, 5.41) is 2.47. The minimum atomic E-state index is -0.630. The van der Waals surface area contributed by atoms with Crippen molar-refractivity contribution >= 4 is 23.5 Å². The molecule has 1 N–H and O–H groups in total. The van der Waals surface area contributed by atoms with Gasteiger partial charge >= 0.3 is 5.97 Å². The molecule has 0 aliphatic carbocycles. The molecule has 2 aromatic rings. The standard InChI is InChI=1S/C21H21FN2O5/c22-17-4-1-2-5-18(17)28-12-13-29-20(26)14-23-21(27)15-7-9-16(10-8-15)24-11-3-6-19(24)25/h1-2,4-5,7-10H,3,6,11-14H2,(H,23,27). The predicted molar refractivity (Wildman–Crippen MR) is 103 cm³/mol. The molecule has 8 heteroatoms. The molecular formula is C21H21FN2O5. The quantitative estimate of drug-likeness (QED) is 0.543. The molecule has 1 fully saturated rings. The highest BCUT2D eigenvalue weighted by Crippen LogP contribution is 2.21. The molecule has 1 aliphatic heterocycles. The Bertz CT molecular complexity index is 885. The maximum Gasteiger partial charge on any atom is 0.325 e. The highest BCUT2D eigenvalue weighted by molar-refractivity contribution is 5.98. The third kappa shape index (κ3) is 5.54. The number of amides is 2. The van der Waals surface area contributed by atoms with E-state index < -0.39 is 17.7 Å². The van der Waals surface area contributed by atoms with Gasteiger partial charge in [0.05, 0.1) is 0 Å². The molecule has 1 aliphatic rings. The largest absolute Gasteiger partial charge is 0.487 e. The minimum Gasteiger partial charge on any atom is -0.487 e. The lowest BCUT2D eigenvalue weighted by Crippen LogP contribution is -2.31. The molecule has 2 aromatic carbocycles. The Labute approximate surface area is 167 Å². The Morgan fingerprint density at radius 2 is 1.83 bits per heavy atom. The van der Waals surface area contributed by atoms with Gasteiger partial charge in [-0.2, -0.15) is 0 Å². The zero-order chi connectivity index (χ0) is 20.6. The number of para-hydroxylation sites is 1. The first-order valence-electron chi connectivity index (χ1n) is 9.26. The maximum absolute atomic E-state index is 13.4. The van der Waals surface area contributed by atoms with Crippen LogP contribution in [0.25, 0.3) is 0 Å². The predicted octanol–water partition coefficient (Wildman–Crippen LogP) is 2.30. The number of anilines is 1. The molecule has 0 atom stereocenters. The third-order valence-electron chi connectivity index (χ3n) is 4.35. The molecule has 0 unspecified atom stereocenters. The summed E-state index contributed by atoms with van der Waals surface area (Å²) in [4.78, 5) is 37.3. The fourth-order valence-corrected chi connectivity index (χ4v) is 2.89. The number of benzene rings is 2. The number of carbonyl (C=O) groups is 3. The summed E-state index contributed by atoms with van der Waals surface area (Å²) in [6.45, 7) is 0.306. The molecule has 7 nitrogen and oxygen atoms in total. The van der Waals surface area contributed by atoms with Crippen molar-refractivity contribution in [2.24, 2.45) is 0 Å². The van der Waals surface area contributed by atoms with Crippen LogP contribution in [-0.4, -0.2) is 44.1 Å². The average molecular weight is 400 g/mol. The van der Waals surface area contributed by atoms with Crippen molar-refractivity contribution in [2.75, 3.05) is 31.2 Å². The summed E-state index contributed by atoms with van der Waals surface area (Å²) in [6, 6.07) is 12.5. The van der Waals surface area contributed by atoms with E-state index in [0.717, 1.165) is 12.1 Å². The van der Waals surface area contributed by atoms with Crippen LogP contribution in [0.2, 0.25) is 0 Å². The molecule has 1 heterocycles. The summed E-state index contributed by atoms with van der Waals surface area (Å²) in [5.74, 6) is -1.40. The number of carbonyl (C=O) groups excluding carboxylic acids is 3. The number of hydrogen-bond acceptors (Lipinski definition) is 5. The molecule has 0 bridgehead atoms. The number of esters is 1. The molecule has 1 saturated heterocycles. The van der Waals surface area contributed by atoms with Gasteiger partial charge in [-0.25, -0.2) is 4.39 Å². The first-order chi connectivity index (χ1) is 14.0. The summed E-state index contributed by atoms with van der Waals surface area (Å²) in [5.41, 5.74) is 1.12. The fraction of sp³-hybridized carbons (Fsp3) is 0.286. The van der Waals surface area contributed by atoms with E-state index in [9.17, 15) is 18.8 Å². The van der Waals surface area contributed by atoms with Crippen molar-refractivity contribution in [3.8, 4) is 5.75 Å². The van der Waals surface area contributed by atoms with Crippen LogP contribution in [0.15, 0.2) is 48.5 Å². The van der Waals surface area contributed by atoms with Crippen LogP contribution in [0.3, 0.4) is 0 Å². The Morgan fingerprint density at radius 1 is 1.07 bits per heavy atom. The van der Waals surface area contributed by atoms with Gasteiger partial charge in [0, 0.05) is 24.2 Å². The Hall–Kier alpha value is -3.42. The molecule has 3 rings (SSSR count). The first-order valence-corrected chi connectivity index (χ1v) is 9.26. The van der Waals surface area contributed by atoms with Gasteiger partial charge in [0.15, 0.2) is 11.6 Å². The number of rotatable bonds is 8. The van der Waals surface area contributed by atoms with Gasteiger partial charge in [-0.05, 0) is 42.8 Å². The molecular weight excluding hydrogens is 379 g/mol. The van der Waals surface area contributed by atoms with E-state index in [1.807, 2.05) is 0 Å². The zero-order valence-electron chi connectivity index (χ0n) is 15.7. The van der Waals surface area contributed by atoms with Gasteiger partial charge in [0.25, 0.3) is 5.91 Å². The van der Waals surface area contributed by atoms with Crippen LogP contribution in [0, 0.1) is 5.82 Å². The Balaban J connectivity index is 1.38. The monoisotopic (exact) mass is 400 g/mol. The summed E-state index contributed by atoms with van der Waals surface area (Å²) < 4.78 is 23.5. The molecule has 0 spiro atoms. The van der Waals surface area contributed by atoms with Gasteiger partial charge in [0.1, 0.15) is 19.8 Å². The molecule has 29 heavy (non-hydrogen) atoms. The summed E-state index contributed by atoms with van der Waals surface area (Å²) in [7, 11) is 0. The van der Waals surface area contributed by atoms with Crippen molar-refractivity contribution in [3.05, 3.63) is 59.9 Å². The molecule has 0 radical (unpaired) electrons. The van der Waals surface area contributed by atoms with Crippen molar-refractivity contribution in [2.45, 2.75) is 12.8 Å². The number of ether oxygens (including phenoxy) is 2. The maximum atomic E-state index is 13.4. The van der Waals surface area contributed by atoms with Crippen molar-refractivity contribution in [3.63, 3.8) is 0 Å². The van der Waals surface area contributed by atoms with Gasteiger partial charge in [-0.1, -0.05) is 12.1 Å². The van der Waals surface area contributed by atoms with Gasteiger partial charge in [0.2, 0.25) is 5.91 Å². The third-order valence-corrected chi connectivity index (χ3v) is 4.35. The van der Waals surface area contributed by atoms with E-state index in [-0.39, 0.29) is 31.4 Å². The highest BCUT2D eigenvalue weighted by atomic mass is 19.1. The lowest BCUT2D eigenvalue weighted by atomic mass is 10.2. The van der Waals surface area contributed by atoms with Crippen molar-refractivity contribution in [1.82, 2.24) is 5.32 Å². The van der Waals surface area contributed by atoms with E-state index in [1.54, 1.807) is 41.3 Å². The topological polar surface area (TPSA) is 84.9 Å². The van der Waals surface area contributed by atoms with Crippen LogP contribution >= 0.6 is 0 Å². The van der Waals surface area contributed by atoms with Gasteiger partial charge < -0.3 is 19.7 Å². The normalized spacial score (nSPS) is 13.3. The number of halogens is 1. The van der Waals surface area contributed by atoms with Crippen LogP contribution in [0.1, 0.15) is 23.2 Å². The average Bonchev–Trinajstić information content (AvgIpc) is 3.16. The second-order valence-electron chi connectivity index (χ2n) is 6.38. The lowest BCUT2D eigenvalue weighted by molar-refractivity contribution is -0.143. The Kier molecular flexibility index (Phi) is 6.78.